The average Bonchev–Trinajstić information content (AvgIpc) is 2.23. The molecular formula is C13H26N2O4S. The summed E-state index contributed by atoms with van der Waals surface area (Å²) in [6.07, 6.45) is 2.61. The predicted molar refractivity (Wildman–Crippen MR) is 78.7 cm³/mol. The van der Waals surface area contributed by atoms with Crippen LogP contribution >= 0.6 is 0 Å². The summed E-state index contributed by atoms with van der Waals surface area (Å²) in [5, 5.41) is 2.59. The molecule has 6 nitrogen and oxygen atoms in total. The van der Waals surface area contributed by atoms with Gasteiger partial charge in [0.05, 0.1) is 12.3 Å². The van der Waals surface area contributed by atoms with E-state index in [-0.39, 0.29) is 11.8 Å². The highest BCUT2D eigenvalue weighted by molar-refractivity contribution is 7.88. The highest BCUT2D eigenvalue weighted by atomic mass is 32.2. The van der Waals surface area contributed by atoms with E-state index < -0.39 is 28.0 Å². The van der Waals surface area contributed by atoms with Gasteiger partial charge in [0, 0.05) is 0 Å². The number of sulfonamides is 1. The number of rotatable bonds is 9. The van der Waals surface area contributed by atoms with Crippen LogP contribution in [-0.4, -0.2) is 39.0 Å². The van der Waals surface area contributed by atoms with Crippen molar-refractivity contribution in [2.45, 2.75) is 52.6 Å². The highest BCUT2D eigenvalue weighted by Crippen LogP contribution is 2.08. The van der Waals surface area contributed by atoms with E-state index in [0.29, 0.717) is 19.1 Å². The van der Waals surface area contributed by atoms with Gasteiger partial charge in [-0.3, -0.25) is 4.79 Å². The zero-order chi connectivity index (χ0) is 15.9. The first-order valence-corrected chi connectivity index (χ1v) is 8.67. The van der Waals surface area contributed by atoms with Gasteiger partial charge in [-0.2, -0.15) is 0 Å². The van der Waals surface area contributed by atoms with E-state index >= 15 is 0 Å². The normalized spacial score (nSPS) is 15.2. The van der Waals surface area contributed by atoms with Crippen LogP contribution in [0.2, 0.25) is 0 Å². The predicted octanol–water partition coefficient (Wildman–Crippen LogP) is 0.680. The van der Waals surface area contributed by atoms with Crippen LogP contribution in [0.3, 0.4) is 0 Å². The monoisotopic (exact) mass is 306 g/mol. The van der Waals surface area contributed by atoms with Crippen LogP contribution in [0.15, 0.2) is 0 Å². The van der Waals surface area contributed by atoms with Crippen LogP contribution in [0.5, 0.6) is 0 Å². The molecule has 0 fully saturated rings. The Morgan fingerprint density at radius 3 is 1.95 bits per heavy atom. The Kier molecular flexibility index (Phi) is 7.96. The van der Waals surface area contributed by atoms with Gasteiger partial charge in [0.1, 0.15) is 12.3 Å². The van der Waals surface area contributed by atoms with Crippen molar-refractivity contribution in [3.8, 4) is 0 Å². The summed E-state index contributed by atoms with van der Waals surface area (Å²) >= 11 is 0. The quantitative estimate of drug-likeness (QED) is 0.613. The van der Waals surface area contributed by atoms with Crippen LogP contribution in [-0.2, 0) is 19.6 Å². The molecule has 118 valence electrons. The molecule has 0 bridgehead atoms. The number of amides is 1. The maximum atomic E-state index is 12.1. The number of carbonyl (C=O) groups excluding carboxylic acids is 2. The molecule has 2 N–H and O–H groups in total. The van der Waals surface area contributed by atoms with Crippen molar-refractivity contribution in [3.05, 3.63) is 0 Å². The van der Waals surface area contributed by atoms with Crippen LogP contribution < -0.4 is 10.0 Å². The van der Waals surface area contributed by atoms with Crippen molar-refractivity contribution in [2.24, 2.45) is 11.8 Å². The Morgan fingerprint density at radius 2 is 1.60 bits per heavy atom. The molecule has 0 heterocycles. The first-order valence-electron chi connectivity index (χ1n) is 6.78. The first kappa shape index (κ1) is 19.1. The van der Waals surface area contributed by atoms with Crippen molar-refractivity contribution < 1.29 is 18.0 Å². The molecule has 0 aromatic heterocycles. The van der Waals surface area contributed by atoms with E-state index in [1.165, 1.54) is 0 Å². The summed E-state index contributed by atoms with van der Waals surface area (Å²) < 4.78 is 24.9. The van der Waals surface area contributed by atoms with Gasteiger partial charge in [-0.05, 0) is 24.7 Å². The Balaban J connectivity index is 4.80. The third kappa shape index (κ3) is 9.03. The van der Waals surface area contributed by atoms with Gasteiger partial charge in [0.15, 0.2) is 0 Å². The van der Waals surface area contributed by atoms with E-state index in [1.54, 1.807) is 0 Å². The van der Waals surface area contributed by atoms with E-state index in [2.05, 4.69) is 10.0 Å². The molecule has 0 rings (SSSR count). The summed E-state index contributed by atoms with van der Waals surface area (Å²) in [5.74, 6) is -0.0430. The molecule has 0 saturated carbocycles. The van der Waals surface area contributed by atoms with Crippen LogP contribution in [0.1, 0.15) is 40.5 Å². The van der Waals surface area contributed by atoms with Crippen LogP contribution in [0.4, 0.5) is 0 Å². The van der Waals surface area contributed by atoms with Crippen LogP contribution in [0.25, 0.3) is 0 Å². The third-order valence-corrected chi connectivity index (χ3v) is 3.31. The summed E-state index contributed by atoms with van der Waals surface area (Å²) in [6, 6.07) is -1.43. The fourth-order valence-corrected chi connectivity index (χ4v) is 2.60. The molecule has 7 heteroatoms. The van der Waals surface area contributed by atoms with E-state index in [0.717, 1.165) is 6.26 Å². The molecule has 0 aliphatic carbocycles. The number of hydrogen-bond acceptors (Lipinski definition) is 4. The second kappa shape index (κ2) is 8.36. The fraction of sp³-hybridized carbons (Fsp3) is 0.846. The average molecular weight is 306 g/mol. The maximum Gasteiger partial charge on any atom is 0.238 e. The molecule has 0 saturated heterocycles. The van der Waals surface area contributed by atoms with Gasteiger partial charge < -0.3 is 10.1 Å². The van der Waals surface area contributed by atoms with E-state index in [1.807, 2.05) is 27.7 Å². The summed E-state index contributed by atoms with van der Waals surface area (Å²) in [7, 11) is -3.48. The van der Waals surface area contributed by atoms with Gasteiger partial charge in [-0.1, -0.05) is 27.7 Å². The third-order valence-electron chi connectivity index (χ3n) is 2.60. The minimum atomic E-state index is -3.48. The zero-order valence-corrected chi connectivity index (χ0v) is 13.7. The Labute approximate surface area is 121 Å². The minimum absolute atomic E-state index is 0.153. The lowest BCUT2D eigenvalue weighted by Crippen LogP contribution is -2.50. The molecule has 20 heavy (non-hydrogen) atoms. The molecule has 0 aromatic rings. The summed E-state index contributed by atoms with van der Waals surface area (Å²) in [5.41, 5.74) is 0. The van der Waals surface area contributed by atoms with Crippen LogP contribution in [0, 0.1) is 11.8 Å². The second-order valence-electron chi connectivity index (χ2n) is 5.95. The molecule has 0 spiro atoms. The number of hydrogen-bond donors (Lipinski definition) is 2. The molecule has 0 aromatic carbocycles. The van der Waals surface area contributed by atoms with Crippen molar-refractivity contribution in [1.29, 1.82) is 0 Å². The Bertz CT molecular complexity index is 418. The van der Waals surface area contributed by atoms with Gasteiger partial charge in [-0.25, -0.2) is 13.1 Å². The molecule has 0 unspecified atom stereocenters. The summed E-state index contributed by atoms with van der Waals surface area (Å²) in [6.45, 7) is 7.69. The number of carbonyl (C=O) groups is 2. The van der Waals surface area contributed by atoms with Gasteiger partial charge in [-0.15, -0.1) is 0 Å². The lowest BCUT2D eigenvalue weighted by molar-refractivity contribution is -0.125. The molecule has 0 aliphatic heterocycles. The van der Waals surface area contributed by atoms with E-state index in [4.69, 9.17) is 0 Å². The largest absolute Gasteiger partial charge is 0.345 e. The Morgan fingerprint density at radius 1 is 1.10 bits per heavy atom. The molecule has 1 amide bonds. The van der Waals surface area contributed by atoms with Gasteiger partial charge in [0.2, 0.25) is 15.9 Å². The molecular weight excluding hydrogens is 280 g/mol. The Hall–Kier alpha value is -0.950. The highest BCUT2D eigenvalue weighted by Gasteiger charge is 2.25. The summed E-state index contributed by atoms with van der Waals surface area (Å²) in [4.78, 5) is 23.1. The maximum absolute atomic E-state index is 12.1. The smallest absolute Gasteiger partial charge is 0.238 e. The molecule has 0 aliphatic rings. The number of nitrogens with one attached hydrogen (secondary N) is 2. The van der Waals surface area contributed by atoms with Crippen molar-refractivity contribution in [2.75, 3.05) is 6.26 Å². The van der Waals surface area contributed by atoms with Crippen molar-refractivity contribution >= 4 is 22.2 Å². The minimum Gasteiger partial charge on any atom is -0.345 e. The topological polar surface area (TPSA) is 92.3 Å². The second-order valence-corrected chi connectivity index (χ2v) is 7.73. The standard InChI is InChI=1S/C13H26N2O4S/c1-9(2)6-11(8-16)14-13(17)12(7-10(3)4)15-20(5,18)19/h8-12,15H,6-7H2,1-5H3,(H,14,17)/t11-,12-/m0/s1. The first-order chi connectivity index (χ1) is 9.05. The zero-order valence-electron chi connectivity index (χ0n) is 12.8. The van der Waals surface area contributed by atoms with Crippen molar-refractivity contribution in [1.82, 2.24) is 10.0 Å². The van der Waals surface area contributed by atoms with Crippen molar-refractivity contribution in [3.63, 3.8) is 0 Å². The molecule has 0 radical (unpaired) electrons. The lowest BCUT2D eigenvalue weighted by atomic mass is 10.0. The van der Waals surface area contributed by atoms with Gasteiger partial charge >= 0.3 is 0 Å². The van der Waals surface area contributed by atoms with E-state index in [9.17, 15) is 18.0 Å². The lowest BCUT2D eigenvalue weighted by Gasteiger charge is -2.22. The van der Waals surface area contributed by atoms with Gasteiger partial charge in [0.25, 0.3) is 0 Å². The number of aldehydes is 1. The SMILES string of the molecule is CC(C)C[C@@H](C=O)NC(=O)[C@H](CC(C)C)NS(C)(=O)=O. The fourth-order valence-electron chi connectivity index (χ4n) is 1.88. The molecule has 2 atom stereocenters.